The summed E-state index contributed by atoms with van der Waals surface area (Å²) in [6.07, 6.45) is 0. The minimum Gasteiger partial charge on any atom is -0.385 e. The van der Waals surface area contributed by atoms with E-state index < -0.39 is 0 Å². The Kier molecular flexibility index (Phi) is 47.4. The fourth-order valence-electron chi connectivity index (χ4n) is 0.342. The van der Waals surface area contributed by atoms with Gasteiger partial charge in [-0.05, 0) is 0 Å². The van der Waals surface area contributed by atoms with Gasteiger partial charge in [0, 0.05) is 19.5 Å². The van der Waals surface area contributed by atoms with Crippen molar-refractivity contribution in [3.8, 4) is 0 Å². The molecule has 2 N–H and O–H groups in total. The van der Waals surface area contributed by atoms with Crippen LogP contribution in [0.2, 0.25) is 0 Å². The molecule has 0 heterocycles. The molecule has 0 bridgehead atoms. The van der Waals surface area contributed by atoms with Gasteiger partial charge in [-0.25, -0.2) is 0 Å². The van der Waals surface area contributed by atoms with Crippen molar-refractivity contribution >= 4 is 29.2 Å². The Hall–Kier alpha value is 0.0834. The van der Waals surface area contributed by atoms with Crippen molar-refractivity contribution < 1.29 is 19.5 Å². The molecule has 0 atom stereocenters. The first kappa shape index (κ1) is 24.4. The van der Waals surface area contributed by atoms with Gasteiger partial charge in [0.1, 0.15) is 4.32 Å². The van der Waals surface area contributed by atoms with E-state index in [1.165, 1.54) is 0 Å². The summed E-state index contributed by atoms with van der Waals surface area (Å²) in [5.74, 6) is 0. The largest absolute Gasteiger partial charge is 0.385 e. The molecule has 84 valence electrons. The minimum atomic E-state index is 0. The van der Waals surface area contributed by atoms with Crippen LogP contribution < -0.4 is 5.73 Å². The van der Waals surface area contributed by atoms with Crippen LogP contribution in [0.4, 0.5) is 0 Å². The van der Waals surface area contributed by atoms with Crippen LogP contribution >= 0.6 is 24.8 Å². The maximum absolute atomic E-state index is 4.71. The normalized spacial score (nSPS) is 5.67. The predicted molar refractivity (Wildman–Crippen MR) is 73.1 cm³/mol. The van der Waals surface area contributed by atoms with E-state index in [9.17, 15) is 0 Å². The summed E-state index contributed by atoms with van der Waals surface area (Å²) in [7, 11) is 0. The number of thiol groups is 1. The van der Waals surface area contributed by atoms with Gasteiger partial charge in [-0.15, -0.1) is 12.6 Å². The number of hydrogen-bond donors (Lipinski definition) is 2. The van der Waals surface area contributed by atoms with Gasteiger partial charge in [0.25, 0.3) is 0 Å². The third-order valence-corrected chi connectivity index (χ3v) is 0.607. The topological polar surface area (TPSA) is 26.0 Å². The van der Waals surface area contributed by atoms with E-state index in [4.69, 9.17) is 5.73 Å². The Morgan fingerprint density at radius 1 is 1.13 bits per heavy atom. The summed E-state index contributed by atoms with van der Waals surface area (Å²) in [5, 5.41) is 0. The first-order valence-corrected chi connectivity index (χ1v) is 4.90. The van der Waals surface area contributed by atoms with E-state index in [1.807, 2.05) is 30.3 Å². The zero-order valence-corrected chi connectivity index (χ0v) is 14.1. The summed E-state index contributed by atoms with van der Waals surface area (Å²) in [6, 6.07) is 12.5. The summed E-state index contributed by atoms with van der Waals surface area (Å²) < 4.78 is 0.194. The van der Waals surface area contributed by atoms with Crippen LogP contribution in [-0.4, -0.2) is 4.32 Å². The fraction of sp³-hybridized carbons (Fsp3) is 0.182. The van der Waals surface area contributed by atoms with Gasteiger partial charge in [-0.3, -0.25) is 0 Å². The van der Waals surface area contributed by atoms with Gasteiger partial charge < -0.3 is 19.6 Å². The number of benzene rings is 1. The first-order chi connectivity index (χ1) is 6.73. The van der Waals surface area contributed by atoms with E-state index >= 15 is 0 Å². The summed E-state index contributed by atoms with van der Waals surface area (Å²) >= 11 is 7.65. The van der Waals surface area contributed by atoms with Crippen molar-refractivity contribution in [1.82, 2.24) is 0 Å². The average molecular weight is 294 g/mol. The van der Waals surface area contributed by atoms with Crippen LogP contribution in [0.15, 0.2) is 30.3 Å². The quantitative estimate of drug-likeness (QED) is 0.332. The van der Waals surface area contributed by atoms with Gasteiger partial charge in [-0.2, -0.15) is 50.2 Å². The maximum Gasteiger partial charge on any atom is 0.128 e. The summed E-state index contributed by atoms with van der Waals surface area (Å²) in [6.45, 7) is 10.0. The van der Waals surface area contributed by atoms with Crippen molar-refractivity contribution in [3.63, 3.8) is 0 Å². The second-order valence-corrected chi connectivity index (χ2v) is 2.64. The van der Waals surface area contributed by atoms with Crippen molar-refractivity contribution in [3.05, 3.63) is 50.2 Å². The zero-order valence-electron chi connectivity index (χ0n) is 9.44. The van der Waals surface area contributed by atoms with Crippen molar-refractivity contribution in [1.29, 1.82) is 0 Å². The second kappa shape index (κ2) is 29.2. The molecule has 0 amide bonds. The molecule has 0 saturated carbocycles. The molecule has 1 nitrogen and oxygen atoms in total. The molecule has 0 aliphatic carbocycles. The van der Waals surface area contributed by atoms with E-state index in [2.05, 4.69) is 44.8 Å². The number of thiocarbonyl (C=S) groups is 1. The number of rotatable bonds is 0. The second-order valence-electron chi connectivity index (χ2n) is 1.42. The Bertz CT molecular complexity index is 150. The molecule has 0 saturated heterocycles. The smallest absolute Gasteiger partial charge is 0.128 e. The molecule has 4 heteroatoms. The molecule has 1 aromatic carbocycles. The molecule has 1 rings (SSSR count). The van der Waals surface area contributed by atoms with Gasteiger partial charge in [0.15, 0.2) is 0 Å². The van der Waals surface area contributed by atoms with E-state index in [0.717, 1.165) is 0 Å². The van der Waals surface area contributed by atoms with Crippen LogP contribution in [0.3, 0.4) is 0 Å². The molecule has 0 spiro atoms. The molecule has 0 aromatic heterocycles. The fourth-order valence-corrected chi connectivity index (χ4v) is 0.342. The van der Waals surface area contributed by atoms with Crippen molar-refractivity contribution in [2.45, 2.75) is 13.8 Å². The third kappa shape index (κ3) is 55.6. The monoisotopic (exact) mass is 292 g/mol. The average Bonchev–Trinajstić information content (AvgIpc) is 2.25. The molecular weight excluding hydrogens is 276 g/mol. The van der Waals surface area contributed by atoms with Gasteiger partial charge in [0.05, 0.1) is 0 Å². The number of nitrogens with two attached hydrogens (primary N) is 1. The predicted octanol–water partition coefficient (Wildman–Crippen LogP) is 3.32. The zero-order chi connectivity index (χ0) is 11.8. The first-order valence-electron chi connectivity index (χ1n) is 4.04. The van der Waals surface area contributed by atoms with Gasteiger partial charge in [0.2, 0.25) is 0 Å². The van der Waals surface area contributed by atoms with Crippen molar-refractivity contribution in [2.24, 2.45) is 5.73 Å². The van der Waals surface area contributed by atoms with Crippen LogP contribution in [0.25, 0.3) is 0 Å². The van der Waals surface area contributed by atoms with E-state index in [-0.39, 0.29) is 23.8 Å². The Labute approximate surface area is 118 Å². The van der Waals surface area contributed by atoms with E-state index in [1.54, 1.807) is 13.8 Å². The van der Waals surface area contributed by atoms with Gasteiger partial charge in [-0.1, -0.05) is 12.2 Å². The molecule has 0 aliphatic heterocycles. The molecule has 1 aromatic rings. The molecule has 0 aliphatic rings. The van der Waals surface area contributed by atoms with Crippen LogP contribution in [0.1, 0.15) is 13.8 Å². The molecular formula is C11H18NS2Zn-3. The SMILES string of the molecule is NC(=S)S.[CH2-]C.[CH2-]C.[Zn].[c-]1ccccc1. The molecule has 0 radical (unpaired) electrons. The molecule has 0 fully saturated rings. The molecule has 0 unspecified atom stereocenters. The standard InChI is InChI=1S/C6H5.2C2H5.CH3NS2.Zn/c1-2-4-6-5-3-1;2*1-2;2-1(3)4;/h1-5H;2*1H2,2H3;(H3,2,3,4);/q3*-1;;. The van der Waals surface area contributed by atoms with Crippen molar-refractivity contribution in [2.75, 3.05) is 0 Å². The third-order valence-electron chi connectivity index (χ3n) is 0.607. The Balaban J connectivity index is -0.0000000601. The van der Waals surface area contributed by atoms with Crippen LogP contribution in [-0.2, 0) is 19.5 Å². The summed E-state index contributed by atoms with van der Waals surface area (Å²) in [5.41, 5.74) is 4.71. The van der Waals surface area contributed by atoms with Gasteiger partial charge >= 0.3 is 0 Å². The summed E-state index contributed by atoms with van der Waals surface area (Å²) in [4.78, 5) is 0. The Morgan fingerprint density at radius 3 is 1.47 bits per heavy atom. The van der Waals surface area contributed by atoms with E-state index in [0.29, 0.717) is 0 Å². The van der Waals surface area contributed by atoms with Crippen LogP contribution in [0.5, 0.6) is 0 Å². The maximum atomic E-state index is 4.71. The minimum absolute atomic E-state index is 0. The Morgan fingerprint density at radius 2 is 1.40 bits per heavy atom. The molecule has 15 heavy (non-hydrogen) atoms. The van der Waals surface area contributed by atoms with Crippen LogP contribution in [0, 0.1) is 19.9 Å². The number of hydrogen-bond acceptors (Lipinski definition) is 1.